The largest absolute Gasteiger partial charge is 0.341 e. The molecule has 4 rings (SSSR count). The summed E-state index contributed by atoms with van der Waals surface area (Å²) in [5.41, 5.74) is 1.54. The maximum Gasteiger partial charge on any atom is 0.269 e. The van der Waals surface area contributed by atoms with Crippen LogP contribution in [-0.4, -0.2) is 58.4 Å². The summed E-state index contributed by atoms with van der Waals surface area (Å²) in [6, 6.07) is 6.67. The van der Waals surface area contributed by atoms with Crippen LogP contribution in [0.4, 0.5) is 4.39 Å². The second-order valence-corrected chi connectivity index (χ2v) is 8.83. The number of nitrogens with one attached hydrogen (secondary N) is 3. The number of piperidine rings is 1. The molecule has 2 amide bonds. The zero-order chi connectivity index (χ0) is 22.3. The molecular formula is C24H32FN5O2. The van der Waals surface area contributed by atoms with Crippen molar-refractivity contribution in [3.8, 4) is 0 Å². The molecule has 2 aliphatic rings. The number of likely N-dealkylation sites (tertiary alicyclic amines) is 1. The molecule has 1 aromatic heterocycles. The molecule has 1 aromatic carbocycles. The molecule has 0 radical (unpaired) electrons. The van der Waals surface area contributed by atoms with Crippen LogP contribution in [0, 0.1) is 5.82 Å². The van der Waals surface area contributed by atoms with Crippen LogP contribution < -0.4 is 10.6 Å². The molecule has 1 aliphatic heterocycles. The number of nitrogens with zero attached hydrogens (tertiary/aromatic N) is 2. The van der Waals surface area contributed by atoms with Gasteiger partial charge in [0, 0.05) is 25.0 Å². The van der Waals surface area contributed by atoms with Crippen molar-refractivity contribution in [2.75, 3.05) is 19.6 Å². The minimum absolute atomic E-state index is 0.0177. The summed E-state index contributed by atoms with van der Waals surface area (Å²) < 4.78 is 13.1. The van der Waals surface area contributed by atoms with Crippen molar-refractivity contribution in [2.24, 2.45) is 0 Å². The third-order valence-electron chi connectivity index (χ3n) is 6.43. The maximum atomic E-state index is 13.1. The van der Waals surface area contributed by atoms with E-state index in [1.54, 1.807) is 0 Å². The number of hydrogen-bond donors (Lipinski definition) is 3. The molecule has 1 unspecified atom stereocenters. The summed E-state index contributed by atoms with van der Waals surface area (Å²) in [4.78, 5) is 34.1. The summed E-state index contributed by atoms with van der Waals surface area (Å²) in [6.07, 6.45) is 9.57. The number of H-pyrrole nitrogens is 1. The summed E-state index contributed by atoms with van der Waals surface area (Å²) >= 11 is 0. The molecule has 3 atom stereocenters. The van der Waals surface area contributed by atoms with E-state index >= 15 is 0 Å². The van der Waals surface area contributed by atoms with E-state index in [2.05, 4.69) is 20.6 Å². The van der Waals surface area contributed by atoms with Crippen LogP contribution in [-0.2, 0) is 4.79 Å². The van der Waals surface area contributed by atoms with Crippen LogP contribution in [0.2, 0.25) is 0 Å². The van der Waals surface area contributed by atoms with E-state index in [9.17, 15) is 14.0 Å². The lowest BCUT2D eigenvalue weighted by atomic mass is 10.0. The van der Waals surface area contributed by atoms with Gasteiger partial charge in [-0.25, -0.2) is 9.37 Å². The number of imidazole rings is 1. The van der Waals surface area contributed by atoms with Gasteiger partial charge in [0.05, 0.1) is 12.5 Å². The first-order valence-corrected chi connectivity index (χ1v) is 11.7. The molecule has 2 heterocycles. The van der Waals surface area contributed by atoms with Crippen LogP contribution in [0.3, 0.4) is 0 Å². The summed E-state index contributed by atoms with van der Waals surface area (Å²) in [5, 5.41) is 6.47. The van der Waals surface area contributed by atoms with Crippen molar-refractivity contribution in [2.45, 2.75) is 62.9 Å². The highest BCUT2D eigenvalue weighted by Crippen LogP contribution is 2.40. The third-order valence-corrected chi connectivity index (χ3v) is 6.43. The minimum atomic E-state index is -0.517. The lowest BCUT2D eigenvalue weighted by Crippen LogP contribution is -2.50. The van der Waals surface area contributed by atoms with Crippen LogP contribution in [0.5, 0.6) is 0 Å². The first-order valence-electron chi connectivity index (χ1n) is 11.7. The predicted octanol–water partition coefficient (Wildman–Crippen LogP) is 2.98. The van der Waals surface area contributed by atoms with Gasteiger partial charge >= 0.3 is 0 Å². The Balaban J connectivity index is 1.22. The molecule has 1 aliphatic carbocycles. The van der Waals surface area contributed by atoms with Crippen LogP contribution in [0.15, 0.2) is 36.8 Å². The number of carbonyl (C=O) groups is 2. The molecule has 2 fully saturated rings. The number of carbonyl (C=O) groups excluding carboxylic acids is 2. The average Bonchev–Trinajstić information content (AvgIpc) is 3.36. The van der Waals surface area contributed by atoms with Crippen molar-refractivity contribution in [1.29, 1.82) is 0 Å². The fraction of sp³-hybridized carbons (Fsp3) is 0.542. The Morgan fingerprint density at radius 2 is 1.94 bits per heavy atom. The Kier molecular flexibility index (Phi) is 7.52. The van der Waals surface area contributed by atoms with Crippen molar-refractivity contribution in [3.63, 3.8) is 0 Å². The van der Waals surface area contributed by atoms with Gasteiger partial charge in [0.25, 0.3) is 5.91 Å². The van der Waals surface area contributed by atoms with Crippen molar-refractivity contribution >= 4 is 11.8 Å². The SMILES string of the molecule is O=C(N[C@@H](CCCCNC1C[C@H]1c1ccc(F)cc1)C(=O)N1CCCCC1)c1cnc[nH]1. The maximum absolute atomic E-state index is 13.1. The van der Waals surface area contributed by atoms with Gasteiger partial charge in [-0.05, 0) is 69.2 Å². The van der Waals surface area contributed by atoms with E-state index in [0.29, 0.717) is 24.1 Å². The Bertz CT molecular complexity index is 880. The zero-order valence-electron chi connectivity index (χ0n) is 18.4. The van der Waals surface area contributed by atoms with Crippen LogP contribution in [0.1, 0.15) is 66.9 Å². The Morgan fingerprint density at radius 1 is 1.16 bits per heavy atom. The highest BCUT2D eigenvalue weighted by atomic mass is 19.1. The molecule has 172 valence electrons. The first kappa shape index (κ1) is 22.5. The van der Waals surface area contributed by atoms with Gasteiger partial charge < -0.3 is 20.5 Å². The highest BCUT2D eigenvalue weighted by Gasteiger charge is 2.37. The summed E-state index contributed by atoms with van der Waals surface area (Å²) in [7, 11) is 0. The lowest BCUT2D eigenvalue weighted by Gasteiger charge is -2.30. The Labute approximate surface area is 188 Å². The fourth-order valence-electron chi connectivity index (χ4n) is 4.47. The number of halogens is 1. The normalized spacial score (nSPS) is 21.2. The predicted molar refractivity (Wildman–Crippen MR) is 120 cm³/mol. The smallest absolute Gasteiger partial charge is 0.269 e. The topological polar surface area (TPSA) is 90.1 Å². The third kappa shape index (κ3) is 5.94. The zero-order valence-corrected chi connectivity index (χ0v) is 18.4. The van der Waals surface area contributed by atoms with Crippen LogP contribution >= 0.6 is 0 Å². The second-order valence-electron chi connectivity index (χ2n) is 8.83. The second kappa shape index (κ2) is 10.7. The molecule has 7 nitrogen and oxygen atoms in total. The van der Waals surface area contributed by atoms with Gasteiger partial charge in [0.1, 0.15) is 17.6 Å². The first-order chi connectivity index (χ1) is 15.6. The number of rotatable bonds is 10. The van der Waals surface area contributed by atoms with E-state index in [4.69, 9.17) is 0 Å². The molecule has 8 heteroatoms. The van der Waals surface area contributed by atoms with Gasteiger partial charge in [-0.3, -0.25) is 9.59 Å². The number of amides is 2. The Morgan fingerprint density at radius 3 is 2.66 bits per heavy atom. The van der Waals surface area contributed by atoms with E-state index in [-0.39, 0.29) is 17.6 Å². The van der Waals surface area contributed by atoms with Crippen molar-refractivity contribution in [1.82, 2.24) is 25.5 Å². The number of hydrogen-bond acceptors (Lipinski definition) is 4. The number of benzene rings is 1. The lowest BCUT2D eigenvalue weighted by molar-refractivity contribution is -0.134. The fourth-order valence-corrected chi connectivity index (χ4v) is 4.47. The summed E-state index contributed by atoms with van der Waals surface area (Å²) in [6.45, 7) is 2.40. The van der Waals surface area contributed by atoms with Crippen molar-refractivity contribution < 1.29 is 14.0 Å². The van der Waals surface area contributed by atoms with Crippen molar-refractivity contribution in [3.05, 3.63) is 53.9 Å². The average molecular weight is 442 g/mol. The van der Waals surface area contributed by atoms with E-state index in [1.165, 1.54) is 30.2 Å². The van der Waals surface area contributed by atoms with Gasteiger partial charge in [-0.15, -0.1) is 0 Å². The molecule has 2 aromatic rings. The number of unbranched alkanes of at least 4 members (excludes halogenated alkanes) is 1. The van der Waals surface area contributed by atoms with Gasteiger partial charge in [0.15, 0.2) is 0 Å². The molecule has 32 heavy (non-hydrogen) atoms. The van der Waals surface area contributed by atoms with E-state index in [1.807, 2.05) is 17.0 Å². The van der Waals surface area contributed by atoms with Gasteiger partial charge in [-0.1, -0.05) is 12.1 Å². The minimum Gasteiger partial charge on any atom is -0.341 e. The number of aromatic amines is 1. The van der Waals surface area contributed by atoms with Gasteiger partial charge in [0.2, 0.25) is 5.91 Å². The monoisotopic (exact) mass is 441 g/mol. The summed E-state index contributed by atoms with van der Waals surface area (Å²) in [5.74, 6) is -0.0231. The van der Waals surface area contributed by atoms with Crippen LogP contribution in [0.25, 0.3) is 0 Å². The molecule has 1 saturated carbocycles. The molecule has 0 bridgehead atoms. The van der Waals surface area contributed by atoms with E-state index < -0.39 is 6.04 Å². The number of aromatic nitrogens is 2. The standard InChI is InChI=1S/C24H32FN5O2/c25-18-9-7-17(8-10-18)19-14-21(19)27-11-3-2-6-20(24(32)30-12-4-1-5-13-30)29-23(31)22-15-26-16-28-22/h7-10,15-16,19-21,27H,1-6,11-14H2,(H,26,28)(H,29,31)/t19-,20-,21?/m0/s1. The van der Waals surface area contributed by atoms with Gasteiger partial charge in [-0.2, -0.15) is 0 Å². The Hall–Kier alpha value is -2.74. The molecular weight excluding hydrogens is 409 g/mol. The van der Waals surface area contributed by atoms with E-state index in [0.717, 1.165) is 58.2 Å². The molecule has 3 N–H and O–H groups in total. The molecule has 1 saturated heterocycles. The molecule has 0 spiro atoms. The highest BCUT2D eigenvalue weighted by molar-refractivity contribution is 5.95. The quantitative estimate of drug-likeness (QED) is 0.495.